The van der Waals surface area contributed by atoms with E-state index in [4.69, 9.17) is 4.74 Å². The third-order valence-corrected chi connectivity index (χ3v) is 4.91. The van der Waals surface area contributed by atoms with Gasteiger partial charge in [-0.25, -0.2) is 0 Å². The average Bonchev–Trinajstić information content (AvgIpc) is 2.77. The summed E-state index contributed by atoms with van der Waals surface area (Å²) in [6.45, 7) is 0.368. The second-order valence-corrected chi connectivity index (χ2v) is 6.74. The minimum atomic E-state index is -0.755. The first-order valence-corrected chi connectivity index (χ1v) is 9.37. The molecular weight excluding hydrogens is 344 g/mol. The molecule has 0 atom stereocenters. The van der Waals surface area contributed by atoms with Crippen molar-refractivity contribution in [3.8, 4) is 5.75 Å². The highest BCUT2D eigenvalue weighted by Crippen LogP contribution is 2.41. The van der Waals surface area contributed by atoms with Crippen molar-refractivity contribution in [1.29, 1.82) is 0 Å². The number of benzene rings is 4. The van der Waals surface area contributed by atoms with Crippen molar-refractivity contribution in [3.05, 3.63) is 138 Å². The Morgan fingerprint density at radius 1 is 0.571 bits per heavy atom. The first-order chi connectivity index (χ1) is 13.8. The molecule has 4 aromatic rings. The summed E-state index contributed by atoms with van der Waals surface area (Å²) in [6.07, 6.45) is 0. The first-order valence-electron chi connectivity index (χ1n) is 9.37. The molecule has 138 valence electrons. The number of aromatic hydroxyl groups is 1. The van der Waals surface area contributed by atoms with Crippen LogP contribution in [0.25, 0.3) is 0 Å². The van der Waals surface area contributed by atoms with Crippen molar-refractivity contribution in [2.45, 2.75) is 12.2 Å². The zero-order valence-corrected chi connectivity index (χ0v) is 15.5. The topological polar surface area (TPSA) is 29.5 Å². The second kappa shape index (κ2) is 8.12. The Morgan fingerprint density at radius 3 is 1.46 bits per heavy atom. The summed E-state index contributed by atoms with van der Waals surface area (Å²) in [5.41, 5.74) is 3.36. The Balaban J connectivity index is 1.88. The van der Waals surface area contributed by atoms with Crippen LogP contribution in [0, 0.1) is 0 Å². The second-order valence-electron chi connectivity index (χ2n) is 6.74. The van der Waals surface area contributed by atoms with E-state index in [1.165, 1.54) is 0 Å². The number of ether oxygens (including phenoxy) is 1. The zero-order chi connectivity index (χ0) is 19.2. The minimum Gasteiger partial charge on any atom is -0.508 e. The molecule has 0 fully saturated rings. The van der Waals surface area contributed by atoms with Crippen LogP contribution in [0.5, 0.6) is 5.75 Å². The Labute approximate surface area is 165 Å². The molecule has 4 aromatic carbocycles. The van der Waals surface area contributed by atoms with Crippen LogP contribution < -0.4 is 0 Å². The third-order valence-electron chi connectivity index (χ3n) is 4.91. The molecule has 2 heteroatoms. The van der Waals surface area contributed by atoms with Crippen LogP contribution in [0.4, 0.5) is 0 Å². The molecule has 0 saturated carbocycles. The molecule has 0 saturated heterocycles. The van der Waals surface area contributed by atoms with Crippen molar-refractivity contribution in [3.63, 3.8) is 0 Å². The van der Waals surface area contributed by atoms with Gasteiger partial charge >= 0.3 is 0 Å². The van der Waals surface area contributed by atoms with Crippen molar-refractivity contribution in [1.82, 2.24) is 0 Å². The fraction of sp³-hybridized carbons (Fsp3) is 0.0769. The Kier molecular flexibility index (Phi) is 5.22. The van der Waals surface area contributed by atoms with Gasteiger partial charge in [-0.2, -0.15) is 0 Å². The van der Waals surface area contributed by atoms with E-state index in [2.05, 4.69) is 36.4 Å². The van der Waals surface area contributed by atoms with Gasteiger partial charge in [0, 0.05) is 0 Å². The molecule has 0 aliphatic rings. The lowest BCUT2D eigenvalue weighted by Gasteiger charge is -2.36. The highest BCUT2D eigenvalue weighted by Gasteiger charge is 2.37. The summed E-state index contributed by atoms with van der Waals surface area (Å²) in [6, 6.07) is 38.1. The normalized spacial score (nSPS) is 11.3. The van der Waals surface area contributed by atoms with Crippen LogP contribution in [-0.4, -0.2) is 5.11 Å². The van der Waals surface area contributed by atoms with E-state index >= 15 is 0 Å². The largest absolute Gasteiger partial charge is 0.508 e. The summed E-state index contributed by atoms with van der Waals surface area (Å²) < 4.78 is 6.72. The number of phenolic OH excluding ortho intramolecular Hbond substituents is 1. The van der Waals surface area contributed by atoms with Crippen LogP contribution in [0.2, 0.25) is 0 Å². The van der Waals surface area contributed by atoms with Crippen LogP contribution in [0.1, 0.15) is 22.3 Å². The monoisotopic (exact) mass is 366 g/mol. The van der Waals surface area contributed by atoms with E-state index in [-0.39, 0.29) is 5.75 Å². The number of rotatable bonds is 6. The van der Waals surface area contributed by atoms with E-state index in [1.807, 2.05) is 66.7 Å². The smallest absolute Gasteiger partial charge is 0.144 e. The average molecular weight is 366 g/mol. The van der Waals surface area contributed by atoms with Gasteiger partial charge in [0.2, 0.25) is 0 Å². The van der Waals surface area contributed by atoms with Crippen molar-refractivity contribution in [2.24, 2.45) is 0 Å². The van der Waals surface area contributed by atoms with Gasteiger partial charge in [0.25, 0.3) is 0 Å². The van der Waals surface area contributed by atoms with Gasteiger partial charge in [0.05, 0.1) is 6.61 Å². The molecule has 0 unspecified atom stereocenters. The predicted molar refractivity (Wildman–Crippen MR) is 112 cm³/mol. The molecule has 4 rings (SSSR count). The quantitative estimate of drug-likeness (QED) is 0.430. The van der Waals surface area contributed by atoms with Gasteiger partial charge in [0.1, 0.15) is 11.4 Å². The summed E-state index contributed by atoms with van der Waals surface area (Å²) in [5, 5.41) is 9.84. The molecule has 0 bridgehead atoms. The van der Waals surface area contributed by atoms with Crippen LogP contribution >= 0.6 is 0 Å². The summed E-state index contributed by atoms with van der Waals surface area (Å²) in [5.74, 6) is 0.242. The first kappa shape index (κ1) is 18.0. The van der Waals surface area contributed by atoms with Crippen molar-refractivity contribution in [2.75, 3.05) is 0 Å². The highest BCUT2D eigenvalue weighted by molar-refractivity contribution is 5.47. The lowest BCUT2D eigenvalue weighted by Crippen LogP contribution is -2.32. The minimum absolute atomic E-state index is 0.242. The van der Waals surface area contributed by atoms with Gasteiger partial charge in [-0.05, 0) is 34.4 Å². The summed E-state index contributed by atoms with van der Waals surface area (Å²) in [4.78, 5) is 0. The summed E-state index contributed by atoms with van der Waals surface area (Å²) in [7, 11) is 0. The maximum absolute atomic E-state index is 9.84. The zero-order valence-electron chi connectivity index (χ0n) is 15.5. The lowest BCUT2D eigenvalue weighted by atomic mass is 9.80. The predicted octanol–water partition coefficient (Wildman–Crippen LogP) is 5.90. The fourth-order valence-electron chi connectivity index (χ4n) is 3.61. The number of phenols is 1. The van der Waals surface area contributed by atoms with Crippen LogP contribution in [0.3, 0.4) is 0 Å². The fourth-order valence-corrected chi connectivity index (χ4v) is 3.61. The Hall–Kier alpha value is -3.36. The Bertz CT molecular complexity index is 915. The van der Waals surface area contributed by atoms with Crippen molar-refractivity contribution >= 4 is 0 Å². The molecule has 0 aliphatic heterocycles. The molecule has 0 heterocycles. The van der Waals surface area contributed by atoms with Gasteiger partial charge in [-0.1, -0.05) is 103 Å². The molecule has 0 aliphatic carbocycles. The van der Waals surface area contributed by atoms with Gasteiger partial charge < -0.3 is 9.84 Å². The number of hydrogen-bond donors (Lipinski definition) is 1. The maximum Gasteiger partial charge on any atom is 0.144 e. The van der Waals surface area contributed by atoms with E-state index < -0.39 is 5.60 Å². The SMILES string of the molecule is Oc1cccc(COC(c2ccccc2)(c2ccccc2)c2ccccc2)c1. The Morgan fingerprint density at radius 2 is 1.04 bits per heavy atom. The molecule has 28 heavy (non-hydrogen) atoms. The van der Waals surface area contributed by atoms with Gasteiger partial charge in [0.15, 0.2) is 0 Å². The standard InChI is InChI=1S/C26H22O2/c27-25-18-10-11-21(19-25)20-28-26(22-12-4-1-5-13-22,23-14-6-2-7-15-23)24-16-8-3-9-17-24/h1-19,27H,20H2. The van der Waals surface area contributed by atoms with E-state index in [0.29, 0.717) is 6.61 Å². The van der Waals surface area contributed by atoms with Gasteiger partial charge in [-0.15, -0.1) is 0 Å². The lowest BCUT2D eigenvalue weighted by molar-refractivity contribution is 0.000176. The van der Waals surface area contributed by atoms with Crippen LogP contribution in [0.15, 0.2) is 115 Å². The molecule has 2 nitrogen and oxygen atoms in total. The third kappa shape index (κ3) is 3.55. The molecular formula is C26H22O2. The van der Waals surface area contributed by atoms with E-state index in [1.54, 1.807) is 12.1 Å². The van der Waals surface area contributed by atoms with Crippen molar-refractivity contribution < 1.29 is 9.84 Å². The maximum atomic E-state index is 9.84. The van der Waals surface area contributed by atoms with Gasteiger partial charge in [-0.3, -0.25) is 0 Å². The molecule has 0 amide bonds. The molecule has 1 N–H and O–H groups in total. The molecule has 0 spiro atoms. The van der Waals surface area contributed by atoms with Crippen LogP contribution in [-0.2, 0) is 16.9 Å². The summed E-state index contributed by atoms with van der Waals surface area (Å²) >= 11 is 0. The van der Waals surface area contributed by atoms with E-state index in [0.717, 1.165) is 22.3 Å². The highest BCUT2D eigenvalue weighted by atomic mass is 16.5. The van der Waals surface area contributed by atoms with E-state index in [9.17, 15) is 5.11 Å². The number of hydrogen-bond acceptors (Lipinski definition) is 2. The molecule has 0 aromatic heterocycles. The molecule has 0 radical (unpaired) electrons.